The van der Waals surface area contributed by atoms with Crippen molar-refractivity contribution in [3.05, 3.63) is 44.9 Å². The number of aliphatic imine (C=N–C) groups is 2. The largest absolute Gasteiger partial charge is 0.358 e. The van der Waals surface area contributed by atoms with Crippen molar-refractivity contribution in [1.82, 2.24) is 29.5 Å². The van der Waals surface area contributed by atoms with E-state index in [0.717, 1.165) is 36.0 Å². The summed E-state index contributed by atoms with van der Waals surface area (Å²) in [4.78, 5) is 44.8. The van der Waals surface area contributed by atoms with Gasteiger partial charge in [-0.2, -0.15) is 0 Å². The smallest absolute Gasteiger partial charge is 0.295 e. The van der Waals surface area contributed by atoms with E-state index >= 15 is 0 Å². The standard InChI is InChI=1S/C26H33N9O3S/c1-8-14(2)35-25-21(17(5)32-23(34-25)20-16(4)30-13-31-22(20)18-9-10-18)33-24(26(35)36)29-12-19(27-6)28-11-15(3)39(7,37)38/h11,13-14,18H,6,8-10,12H2,1-5,7H3,(H,29,33)/b15-11+,28-19?/t14-/m1/s1. The number of anilines is 1. The maximum atomic E-state index is 13.7. The minimum Gasteiger partial charge on any atom is -0.358 e. The molecule has 1 aliphatic rings. The second kappa shape index (κ2) is 11.1. The Kier molecular flexibility index (Phi) is 8.00. The maximum Gasteiger partial charge on any atom is 0.295 e. The monoisotopic (exact) mass is 551 g/mol. The highest BCUT2D eigenvalue weighted by molar-refractivity contribution is 7.94. The lowest BCUT2D eigenvalue weighted by atomic mass is 10.1. The van der Waals surface area contributed by atoms with Gasteiger partial charge in [-0.15, -0.1) is 0 Å². The number of fused-ring (bicyclic) bond motifs is 1. The average molecular weight is 552 g/mol. The molecule has 0 aromatic carbocycles. The molecule has 1 saturated carbocycles. The molecule has 206 valence electrons. The van der Waals surface area contributed by atoms with E-state index in [-0.39, 0.29) is 34.7 Å². The summed E-state index contributed by atoms with van der Waals surface area (Å²) in [6.07, 6.45) is 6.70. The minimum atomic E-state index is -3.37. The number of aromatic nitrogens is 6. The molecule has 13 heteroatoms. The highest BCUT2D eigenvalue weighted by Gasteiger charge is 2.30. The van der Waals surface area contributed by atoms with Gasteiger partial charge in [0.05, 0.1) is 34.1 Å². The van der Waals surface area contributed by atoms with Crippen LogP contribution < -0.4 is 10.9 Å². The zero-order valence-corrected chi connectivity index (χ0v) is 23.9. The molecule has 0 unspecified atom stereocenters. The first kappa shape index (κ1) is 28.1. The fourth-order valence-electron chi connectivity index (χ4n) is 4.04. The molecule has 1 aliphatic carbocycles. The normalized spacial score (nSPS) is 15.4. The van der Waals surface area contributed by atoms with E-state index in [0.29, 0.717) is 35.0 Å². The molecule has 1 N–H and O–H groups in total. The van der Waals surface area contributed by atoms with Crippen LogP contribution in [-0.4, -0.2) is 63.3 Å². The zero-order chi connectivity index (χ0) is 28.5. The molecule has 39 heavy (non-hydrogen) atoms. The van der Waals surface area contributed by atoms with Gasteiger partial charge < -0.3 is 5.32 Å². The van der Waals surface area contributed by atoms with E-state index in [1.54, 1.807) is 10.9 Å². The number of sulfone groups is 1. The van der Waals surface area contributed by atoms with Crippen molar-refractivity contribution in [1.29, 1.82) is 0 Å². The molecule has 3 heterocycles. The van der Waals surface area contributed by atoms with Gasteiger partial charge in [0, 0.05) is 24.4 Å². The van der Waals surface area contributed by atoms with Gasteiger partial charge in [0.1, 0.15) is 17.7 Å². The SMILES string of the molecule is C=NC(CNc1nc2c(C)nc(-c3c(C)ncnc3C3CC3)nc2n([C@H](C)CC)c1=O)=N/C=C(\C)S(C)(=O)=O. The van der Waals surface area contributed by atoms with Gasteiger partial charge in [-0.3, -0.25) is 9.36 Å². The summed E-state index contributed by atoms with van der Waals surface area (Å²) in [5.74, 6) is 1.13. The maximum absolute atomic E-state index is 13.7. The van der Waals surface area contributed by atoms with Gasteiger partial charge >= 0.3 is 0 Å². The third kappa shape index (κ3) is 5.92. The van der Waals surface area contributed by atoms with Gasteiger partial charge in [-0.1, -0.05) is 6.92 Å². The van der Waals surface area contributed by atoms with Crippen LogP contribution in [0.25, 0.3) is 22.6 Å². The first-order valence-electron chi connectivity index (χ1n) is 12.7. The molecule has 0 amide bonds. The first-order chi connectivity index (χ1) is 18.5. The number of hydrogen-bond donors (Lipinski definition) is 1. The molecule has 0 aliphatic heterocycles. The van der Waals surface area contributed by atoms with Crippen molar-refractivity contribution in [2.75, 3.05) is 18.1 Å². The number of hydrogen-bond acceptors (Lipinski definition) is 10. The Balaban J connectivity index is 1.82. The molecular formula is C26H33N9O3S. The minimum absolute atomic E-state index is 0.00851. The van der Waals surface area contributed by atoms with Gasteiger partial charge in [-0.25, -0.2) is 43.3 Å². The van der Waals surface area contributed by atoms with E-state index in [1.807, 2.05) is 27.7 Å². The van der Waals surface area contributed by atoms with Gasteiger partial charge in [0.2, 0.25) is 0 Å². The summed E-state index contributed by atoms with van der Waals surface area (Å²) in [5.41, 5.74) is 3.73. The van der Waals surface area contributed by atoms with Crippen LogP contribution in [0.5, 0.6) is 0 Å². The predicted octanol–water partition coefficient (Wildman–Crippen LogP) is 3.53. The van der Waals surface area contributed by atoms with Gasteiger partial charge in [0.25, 0.3) is 5.56 Å². The predicted molar refractivity (Wildman–Crippen MR) is 153 cm³/mol. The Labute approximate surface area is 227 Å². The molecular weight excluding hydrogens is 518 g/mol. The Morgan fingerprint density at radius 3 is 2.56 bits per heavy atom. The van der Waals surface area contributed by atoms with E-state index < -0.39 is 9.84 Å². The van der Waals surface area contributed by atoms with Crippen LogP contribution in [0.4, 0.5) is 5.82 Å². The lowest BCUT2D eigenvalue weighted by Crippen LogP contribution is -2.30. The fraction of sp³-hybridized carbons (Fsp3) is 0.462. The van der Waals surface area contributed by atoms with Crippen LogP contribution in [0, 0.1) is 13.8 Å². The molecule has 1 atom stereocenters. The summed E-state index contributed by atoms with van der Waals surface area (Å²) in [5, 5.41) is 2.99. The topological polar surface area (TPSA) is 157 Å². The number of allylic oxidation sites excluding steroid dienone is 1. The van der Waals surface area contributed by atoms with Gasteiger partial charge in [0.15, 0.2) is 27.1 Å². The second-order valence-corrected chi connectivity index (χ2v) is 11.9. The highest BCUT2D eigenvalue weighted by Crippen LogP contribution is 2.43. The van der Waals surface area contributed by atoms with E-state index in [9.17, 15) is 13.2 Å². The summed E-state index contributed by atoms with van der Waals surface area (Å²) < 4.78 is 24.9. The Hall–Kier alpha value is -3.87. The first-order valence-corrected chi connectivity index (χ1v) is 14.6. The third-order valence-corrected chi connectivity index (χ3v) is 8.05. The van der Waals surface area contributed by atoms with Crippen LogP contribution in [0.2, 0.25) is 0 Å². The summed E-state index contributed by atoms with van der Waals surface area (Å²) in [6.45, 7) is 12.6. The quantitative estimate of drug-likeness (QED) is 0.310. The van der Waals surface area contributed by atoms with Crippen LogP contribution in [0.1, 0.15) is 69.1 Å². The van der Waals surface area contributed by atoms with Crippen LogP contribution in [-0.2, 0) is 9.84 Å². The number of amidine groups is 1. The summed E-state index contributed by atoms with van der Waals surface area (Å²) >= 11 is 0. The molecule has 0 saturated heterocycles. The zero-order valence-electron chi connectivity index (χ0n) is 23.1. The molecule has 12 nitrogen and oxygen atoms in total. The lowest BCUT2D eigenvalue weighted by molar-refractivity contribution is 0.526. The number of nitrogens with zero attached hydrogens (tertiary/aromatic N) is 8. The summed E-state index contributed by atoms with van der Waals surface area (Å²) in [7, 11) is -3.37. The Morgan fingerprint density at radius 1 is 1.23 bits per heavy atom. The average Bonchev–Trinajstić information content (AvgIpc) is 3.73. The van der Waals surface area contributed by atoms with Crippen molar-refractivity contribution >= 4 is 39.4 Å². The van der Waals surface area contributed by atoms with Crippen molar-refractivity contribution in [3.8, 4) is 11.4 Å². The highest BCUT2D eigenvalue weighted by atomic mass is 32.2. The van der Waals surface area contributed by atoms with Crippen LogP contribution in [0.3, 0.4) is 0 Å². The fourth-order valence-corrected chi connectivity index (χ4v) is 4.28. The Bertz CT molecular complexity index is 1670. The van der Waals surface area contributed by atoms with Crippen molar-refractivity contribution < 1.29 is 8.42 Å². The molecule has 4 rings (SSSR count). The molecule has 0 spiro atoms. The Morgan fingerprint density at radius 2 is 1.95 bits per heavy atom. The third-order valence-electron chi connectivity index (χ3n) is 6.78. The van der Waals surface area contributed by atoms with E-state index in [2.05, 4.69) is 37.0 Å². The lowest BCUT2D eigenvalue weighted by Gasteiger charge is -2.19. The summed E-state index contributed by atoms with van der Waals surface area (Å²) in [6, 6.07) is -0.173. The molecule has 0 bridgehead atoms. The van der Waals surface area contributed by atoms with E-state index in [4.69, 9.17) is 9.97 Å². The second-order valence-electron chi connectivity index (χ2n) is 9.76. The number of rotatable bonds is 9. The van der Waals surface area contributed by atoms with Crippen molar-refractivity contribution in [2.45, 2.75) is 65.8 Å². The molecule has 1 fully saturated rings. The molecule has 0 radical (unpaired) electrons. The van der Waals surface area contributed by atoms with Crippen molar-refractivity contribution in [2.24, 2.45) is 9.98 Å². The van der Waals surface area contributed by atoms with E-state index in [1.165, 1.54) is 13.1 Å². The van der Waals surface area contributed by atoms with Crippen LogP contribution >= 0.6 is 0 Å². The van der Waals surface area contributed by atoms with Crippen LogP contribution in [0.15, 0.2) is 32.2 Å². The van der Waals surface area contributed by atoms with Crippen molar-refractivity contribution in [3.63, 3.8) is 0 Å². The van der Waals surface area contributed by atoms with Gasteiger partial charge in [-0.05, 0) is 53.7 Å². The molecule has 3 aromatic rings. The molecule has 3 aromatic heterocycles. The number of nitrogens with one attached hydrogen (secondary N) is 1. The number of aryl methyl sites for hydroxylation is 2.